The molecule has 0 radical (unpaired) electrons. The Morgan fingerprint density at radius 1 is 1.35 bits per heavy atom. The maximum atomic E-state index is 12.2. The van der Waals surface area contributed by atoms with Gasteiger partial charge in [0.1, 0.15) is 0 Å². The summed E-state index contributed by atoms with van der Waals surface area (Å²) in [4.78, 5) is 13.3. The van der Waals surface area contributed by atoms with Crippen LogP contribution in [0.2, 0.25) is 0 Å². The molecule has 110 valence electrons. The third-order valence-corrected chi connectivity index (χ3v) is 5.10. The van der Waals surface area contributed by atoms with Gasteiger partial charge >= 0.3 is 0 Å². The average molecular weight is 292 g/mol. The molecule has 2 rings (SSSR count). The number of anilines is 1. The lowest BCUT2D eigenvalue weighted by Crippen LogP contribution is -2.40. The minimum absolute atomic E-state index is 0.0857. The van der Waals surface area contributed by atoms with Crippen molar-refractivity contribution in [1.82, 2.24) is 5.32 Å². The summed E-state index contributed by atoms with van der Waals surface area (Å²) in [6.07, 6.45) is 6.03. The van der Waals surface area contributed by atoms with Crippen molar-refractivity contribution in [3.63, 3.8) is 0 Å². The second-order valence-corrected chi connectivity index (χ2v) is 7.01. The summed E-state index contributed by atoms with van der Waals surface area (Å²) >= 11 is 1.59. The molecule has 0 aromatic heterocycles. The second kappa shape index (κ2) is 7.02. The van der Waals surface area contributed by atoms with E-state index in [1.165, 1.54) is 24.8 Å². The molecule has 3 nitrogen and oxygen atoms in total. The first kappa shape index (κ1) is 15.2. The Kier molecular flexibility index (Phi) is 5.35. The maximum Gasteiger partial charge on any atom is 0.233 e. The predicted octanol–water partition coefficient (Wildman–Crippen LogP) is 3.51. The number of carbonyl (C=O) groups is 1. The molecule has 1 atom stereocenters. The summed E-state index contributed by atoms with van der Waals surface area (Å²) in [7, 11) is 0. The van der Waals surface area contributed by atoms with Crippen molar-refractivity contribution in [3.05, 3.63) is 23.8 Å². The van der Waals surface area contributed by atoms with Crippen molar-refractivity contribution < 1.29 is 4.79 Å². The van der Waals surface area contributed by atoms with Crippen LogP contribution in [0.25, 0.3) is 0 Å². The lowest BCUT2D eigenvalue weighted by atomic mass is 9.95. The molecule has 1 aliphatic rings. The summed E-state index contributed by atoms with van der Waals surface area (Å²) in [5.41, 5.74) is 7.73. The normalized spacial score (nSPS) is 17.7. The van der Waals surface area contributed by atoms with Crippen LogP contribution >= 0.6 is 11.8 Å². The van der Waals surface area contributed by atoms with Crippen LogP contribution in [0.5, 0.6) is 0 Å². The summed E-state index contributed by atoms with van der Waals surface area (Å²) in [6.45, 7) is 4.01. The highest BCUT2D eigenvalue weighted by atomic mass is 32.2. The van der Waals surface area contributed by atoms with Gasteiger partial charge in [0.15, 0.2) is 0 Å². The van der Waals surface area contributed by atoms with Gasteiger partial charge in [0, 0.05) is 16.6 Å². The van der Waals surface area contributed by atoms with Gasteiger partial charge in [0.05, 0.1) is 5.25 Å². The monoisotopic (exact) mass is 292 g/mol. The summed E-state index contributed by atoms with van der Waals surface area (Å²) < 4.78 is 0. The molecule has 1 amide bonds. The Bertz CT molecular complexity index is 470. The van der Waals surface area contributed by atoms with Crippen LogP contribution in [-0.4, -0.2) is 17.2 Å². The molecular formula is C16H24N2OS. The number of hydrogen-bond acceptors (Lipinski definition) is 3. The standard InChI is InChI=1S/C16H24N2OS/c1-11-8-9-13(17)10-15(11)20-12(2)16(19)18-14-6-4-3-5-7-14/h8-10,12,14H,3-7,17H2,1-2H3,(H,18,19). The molecule has 1 fully saturated rings. The number of benzene rings is 1. The van der Waals surface area contributed by atoms with E-state index in [-0.39, 0.29) is 11.2 Å². The van der Waals surface area contributed by atoms with E-state index in [0.29, 0.717) is 6.04 Å². The van der Waals surface area contributed by atoms with Crippen LogP contribution < -0.4 is 11.1 Å². The van der Waals surface area contributed by atoms with E-state index < -0.39 is 0 Å². The zero-order chi connectivity index (χ0) is 14.5. The fourth-order valence-corrected chi connectivity index (χ4v) is 3.57. The van der Waals surface area contributed by atoms with Gasteiger partial charge in [-0.25, -0.2) is 0 Å². The Hall–Kier alpha value is -1.16. The zero-order valence-corrected chi connectivity index (χ0v) is 13.1. The number of nitrogens with two attached hydrogens (primary N) is 1. The lowest BCUT2D eigenvalue weighted by molar-refractivity contribution is -0.121. The van der Waals surface area contributed by atoms with Gasteiger partial charge in [-0.15, -0.1) is 11.8 Å². The molecule has 1 unspecified atom stereocenters. The van der Waals surface area contributed by atoms with Gasteiger partial charge in [-0.1, -0.05) is 25.3 Å². The fourth-order valence-electron chi connectivity index (χ4n) is 2.55. The molecule has 1 saturated carbocycles. The molecule has 1 aromatic carbocycles. The topological polar surface area (TPSA) is 55.1 Å². The minimum Gasteiger partial charge on any atom is -0.399 e. The zero-order valence-electron chi connectivity index (χ0n) is 12.3. The highest BCUT2D eigenvalue weighted by molar-refractivity contribution is 8.00. The highest BCUT2D eigenvalue weighted by Crippen LogP contribution is 2.29. The van der Waals surface area contributed by atoms with Crippen LogP contribution in [0.15, 0.2) is 23.1 Å². The first-order chi connectivity index (χ1) is 9.56. The number of nitrogens with one attached hydrogen (secondary N) is 1. The SMILES string of the molecule is Cc1ccc(N)cc1SC(C)C(=O)NC1CCCCC1. The van der Waals surface area contributed by atoms with Crippen LogP contribution in [0.4, 0.5) is 5.69 Å². The largest absolute Gasteiger partial charge is 0.399 e. The number of hydrogen-bond donors (Lipinski definition) is 2. The molecule has 1 aromatic rings. The maximum absolute atomic E-state index is 12.2. The van der Waals surface area contributed by atoms with Gasteiger partial charge in [0.2, 0.25) is 5.91 Å². The fraction of sp³-hybridized carbons (Fsp3) is 0.562. The summed E-state index contributed by atoms with van der Waals surface area (Å²) in [5.74, 6) is 0.142. The van der Waals surface area contributed by atoms with E-state index in [1.807, 2.05) is 32.0 Å². The molecular weight excluding hydrogens is 268 g/mol. The van der Waals surface area contributed by atoms with Gasteiger partial charge in [-0.05, 0) is 44.4 Å². The number of aryl methyl sites for hydroxylation is 1. The molecule has 4 heteroatoms. The van der Waals surface area contributed by atoms with Crippen LogP contribution in [0.1, 0.15) is 44.6 Å². The molecule has 0 aliphatic heterocycles. The van der Waals surface area contributed by atoms with Crippen molar-refractivity contribution in [2.75, 3.05) is 5.73 Å². The Balaban J connectivity index is 1.91. The smallest absolute Gasteiger partial charge is 0.233 e. The first-order valence-corrected chi connectivity index (χ1v) is 8.27. The second-order valence-electron chi connectivity index (χ2n) is 5.63. The quantitative estimate of drug-likeness (QED) is 0.659. The van der Waals surface area contributed by atoms with Crippen LogP contribution in [0, 0.1) is 6.92 Å². The van der Waals surface area contributed by atoms with E-state index in [2.05, 4.69) is 5.32 Å². The Morgan fingerprint density at radius 3 is 2.75 bits per heavy atom. The molecule has 1 aliphatic carbocycles. The summed E-state index contributed by atoms with van der Waals surface area (Å²) in [5, 5.41) is 3.10. The molecule has 0 bridgehead atoms. The highest BCUT2D eigenvalue weighted by Gasteiger charge is 2.20. The Morgan fingerprint density at radius 2 is 2.05 bits per heavy atom. The predicted molar refractivity (Wildman–Crippen MR) is 85.9 cm³/mol. The summed E-state index contributed by atoms with van der Waals surface area (Å²) in [6, 6.07) is 6.22. The molecule has 20 heavy (non-hydrogen) atoms. The van der Waals surface area contributed by atoms with E-state index in [0.717, 1.165) is 23.4 Å². The minimum atomic E-state index is -0.0857. The van der Waals surface area contributed by atoms with E-state index in [1.54, 1.807) is 11.8 Å². The number of nitrogen functional groups attached to an aromatic ring is 1. The third-order valence-electron chi connectivity index (χ3n) is 3.84. The van der Waals surface area contributed by atoms with Crippen molar-refractivity contribution in [3.8, 4) is 0 Å². The van der Waals surface area contributed by atoms with Crippen molar-refractivity contribution >= 4 is 23.4 Å². The van der Waals surface area contributed by atoms with E-state index >= 15 is 0 Å². The van der Waals surface area contributed by atoms with Gasteiger partial charge in [-0.2, -0.15) is 0 Å². The Labute approximate surface area is 125 Å². The van der Waals surface area contributed by atoms with Crippen molar-refractivity contribution in [2.24, 2.45) is 0 Å². The van der Waals surface area contributed by atoms with Crippen molar-refractivity contribution in [2.45, 2.75) is 62.1 Å². The molecule has 0 heterocycles. The molecule has 3 N–H and O–H groups in total. The van der Waals surface area contributed by atoms with Crippen LogP contribution in [0.3, 0.4) is 0 Å². The molecule has 0 saturated heterocycles. The number of thioether (sulfide) groups is 1. The lowest BCUT2D eigenvalue weighted by Gasteiger charge is -2.24. The molecule has 0 spiro atoms. The average Bonchev–Trinajstić information content (AvgIpc) is 2.44. The number of rotatable bonds is 4. The van der Waals surface area contributed by atoms with Crippen molar-refractivity contribution in [1.29, 1.82) is 0 Å². The number of carbonyl (C=O) groups excluding carboxylic acids is 1. The van der Waals surface area contributed by atoms with E-state index in [4.69, 9.17) is 5.73 Å². The van der Waals surface area contributed by atoms with Crippen LogP contribution in [-0.2, 0) is 4.79 Å². The van der Waals surface area contributed by atoms with Gasteiger partial charge in [-0.3, -0.25) is 4.79 Å². The van der Waals surface area contributed by atoms with Gasteiger partial charge in [0.25, 0.3) is 0 Å². The first-order valence-electron chi connectivity index (χ1n) is 7.39. The number of amides is 1. The van der Waals surface area contributed by atoms with E-state index in [9.17, 15) is 4.79 Å². The van der Waals surface area contributed by atoms with Gasteiger partial charge < -0.3 is 11.1 Å². The third kappa shape index (κ3) is 4.17.